The Kier molecular flexibility index (Phi) is 26.3. The minimum atomic E-state index is -0.129. The summed E-state index contributed by atoms with van der Waals surface area (Å²) >= 11 is 0. The van der Waals surface area contributed by atoms with Gasteiger partial charge in [-0.3, -0.25) is 0 Å². The lowest BCUT2D eigenvalue weighted by Gasteiger charge is -2.28. The van der Waals surface area contributed by atoms with Gasteiger partial charge < -0.3 is 26.5 Å². The maximum Gasteiger partial charge on any atom is 0.367 e. The number of carbonyl (C=O) groups excluding carboxylic acids is 1. The van der Waals surface area contributed by atoms with E-state index in [-0.39, 0.29) is 30.8 Å². The number of carbonyl (C=O) groups is 1. The number of likely N-dealkylation sites (N-methyl/N-ethyl adjacent to an activating group) is 1. The summed E-state index contributed by atoms with van der Waals surface area (Å²) in [4.78, 5) is 15.2. The monoisotopic (exact) mass is 630 g/mol. The summed E-state index contributed by atoms with van der Waals surface area (Å²) in [5, 5.41) is 0. The number of benzene rings is 1. The molecular weight excluding hydrogens is 563 g/mol. The van der Waals surface area contributed by atoms with E-state index in [4.69, 9.17) is 4.74 Å². The number of unbranched alkanes of at least 4 members (excludes halogenated alkanes) is 13. The Bertz CT molecular complexity index is 799. The van der Waals surface area contributed by atoms with Gasteiger partial charge in [-0.05, 0) is 69.8 Å². The zero-order valence-electron chi connectivity index (χ0n) is 28.8. The summed E-state index contributed by atoms with van der Waals surface area (Å²) in [7, 11) is 8.83. The predicted octanol–water partition coefficient (Wildman–Crippen LogP) is 7.11. The zero-order valence-corrected chi connectivity index (χ0v) is 30.4. The Morgan fingerprint density at radius 3 is 1.76 bits per heavy atom. The van der Waals surface area contributed by atoms with Gasteiger partial charge in [0.2, 0.25) is 0 Å². The van der Waals surface area contributed by atoms with Crippen molar-refractivity contribution in [2.45, 2.75) is 149 Å². The van der Waals surface area contributed by atoms with Crippen LogP contribution < -0.4 is 17.1 Å². The van der Waals surface area contributed by atoms with E-state index in [0.29, 0.717) is 16.9 Å². The van der Waals surface area contributed by atoms with Crippen LogP contribution in [0.3, 0.4) is 0 Å². The molecule has 248 valence electrons. The first-order valence-corrected chi connectivity index (χ1v) is 16.9. The van der Waals surface area contributed by atoms with Crippen molar-refractivity contribution in [3.63, 3.8) is 0 Å². The van der Waals surface area contributed by atoms with Crippen LogP contribution in [-0.4, -0.2) is 62.7 Å². The maximum atomic E-state index is 12.7. The van der Waals surface area contributed by atoms with Crippen LogP contribution in [-0.2, 0) is 4.79 Å². The van der Waals surface area contributed by atoms with Crippen LogP contribution in [0.1, 0.15) is 147 Å². The minimum absolute atomic E-state index is 0. The van der Waals surface area contributed by atoms with Gasteiger partial charge in [0.15, 0.2) is 6.54 Å². The van der Waals surface area contributed by atoms with E-state index < -0.39 is 0 Å². The largest absolute Gasteiger partial charge is 1.00 e. The highest BCUT2D eigenvalue weighted by Gasteiger charge is 2.22. The lowest BCUT2D eigenvalue weighted by Crippen LogP contribution is -3.00. The van der Waals surface area contributed by atoms with Crippen LogP contribution in [0, 0.1) is 6.92 Å². The first kappa shape index (κ1) is 43.3. The molecule has 42 heavy (non-hydrogen) atoms. The third-order valence-electron chi connectivity index (χ3n) is 8.49. The first-order valence-electron chi connectivity index (χ1n) is 16.9. The molecule has 0 aliphatic carbocycles. The minimum Gasteiger partial charge on any atom is -1.00 e. The molecule has 1 aromatic carbocycles. The fourth-order valence-corrected chi connectivity index (χ4v) is 5.77. The number of esters is 1. The summed E-state index contributed by atoms with van der Waals surface area (Å²) in [6, 6.07) is 6.92. The zero-order chi connectivity index (χ0) is 29.8. The summed E-state index contributed by atoms with van der Waals surface area (Å²) < 4.78 is 6.52. The summed E-state index contributed by atoms with van der Waals surface area (Å²) in [5.41, 5.74) is 2.22. The number of ether oxygens (including phenoxy) is 1. The van der Waals surface area contributed by atoms with Crippen LogP contribution in [0.5, 0.6) is 5.75 Å². The number of rotatable bonds is 24. The number of hydrogen-bond acceptors (Lipinski definition) is 3. The van der Waals surface area contributed by atoms with Gasteiger partial charge in [0.1, 0.15) is 5.75 Å². The maximum absolute atomic E-state index is 12.7. The molecule has 0 saturated heterocycles. The first-order chi connectivity index (χ1) is 19.1. The number of aryl methyl sites for hydroxylation is 1. The topological polar surface area (TPSA) is 29.5 Å². The molecule has 1 aromatic rings. The van der Waals surface area contributed by atoms with Gasteiger partial charge in [-0.25, -0.2) is 4.79 Å². The van der Waals surface area contributed by atoms with Crippen LogP contribution in [0.4, 0.5) is 0 Å². The molecule has 0 aromatic heterocycles. The molecule has 1 atom stereocenters. The van der Waals surface area contributed by atoms with E-state index in [1.165, 1.54) is 109 Å². The van der Waals surface area contributed by atoms with Crippen molar-refractivity contribution in [3.8, 4) is 5.75 Å². The molecule has 0 saturated carbocycles. The van der Waals surface area contributed by atoms with Gasteiger partial charge >= 0.3 is 5.97 Å². The Labute approximate surface area is 274 Å². The molecule has 0 N–H and O–H groups in total. The summed E-state index contributed by atoms with van der Waals surface area (Å²) in [6.07, 6.45) is 23.2. The number of halogens is 2. The highest BCUT2D eigenvalue weighted by atomic mass is 35.5. The van der Waals surface area contributed by atoms with E-state index in [1.807, 2.05) is 13.0 Å². The molecule has 0 aliphatic rings. The second-order valence-electron chi connectivity index (χ2n) is 13.6. The van der Waals surface area contributed by atoms with Gasteiger partial charge in [-0.2, -0.15) is 0 Å². The molecule has 0 spiro atoms. The molecule has 0 bridgehead atoms. The molecular formula is C36H68Cl2N2O2. The Morgan fingerprint density at radius 2 is 1.29 bits per heavy atom. The predicted molar refractivity (Wildman–Crippen MR) is 182 cm³/mol. The fourth-order valence-electron chi connectivity index (χ4n) is 5.77. The van der Waals surface area contributed by atoms with Crippen LogP contribution in [0.25, 0.3) is 0 Å². The van der Waals surface area contributed by atoms with Crippen LogP contribution >= 0.6 is 12.4 Å². The van der Waals surface area contributed by atoms with Crippen molar-refractivity contribution in [2.24, 2.45) is 0 Å². The van der Waals surface area contributed by atoms with Crippen LogP contribution in [0.15, 0.2) is 18.2 Å². The molecule has 4 nitrogen and oxygen atoms in total. The van der Waals surface area contributed by atoms with Crippen molar-refractivity contribution in [2.75, 3.05) is 41.3 Å². The average Bonchev–Trinajstić information content (AvgIpc) is 2.87. The molecule has 0 amide bonds. The van der Waals surface area contributed by atoms with Gasteiger partial charge in [0, 0.05) is 6.04 Å². The number of nitrogens with zero attached hydrogens (tertiary/aromatic N) is 2. The van der Waals surface area contributed by atoms with E-state index >= 15 is 0 Å². The van der Waals surface area contributed by atoms with Crippen molar-refractivity contribution in [1.29, 1.82) is 0 Å². The lowest BCUT2D eigenvalue weighted by atomic mass is 9.99. The highest BCUT2D eigenvalue weighted by Crippen LogP contribution is 2.28. The van der Waals surface area contributed by atoms with E-state index in [2.05, 4.69) is 66.0 Å². The molecule has 0 heterocycles. The number of hydrogen-bond donors (Lipinski definition) is 0. The molecule has 0 aliphatic heterocycles. The standard InChI is InChI=1S/C36H67N2O2.2ClH/c1-9-10-11-12-13-15-18-21-24-33(37(5)6)25-22-19-16-14-17-20-23-28-38(7,8)30-36(39)40-35-29-32(4)26-27-34(35)31(2)3;;/h26-27,29,31,33H,9-25,28,30H2,1-8H3;2*1H/q+1;;/p-1. The summed E-state index contributed by atoms with van der Waals surface area (Å²) in [5.74, 6) is 0.932. The van der Waals surface area contributed by atoms with Crippen LogP contribution in [0.2, 0.25) is 0 Å². The molecule has 1 rings (SSSR count). The molecule has 6 heteroatoms. The second kappa shape index (κ2) is 25.5. The Balaban J connectivity index is 0. The summed E-state index contributed by atoms with van der Waals surface area (Å²) in [6.45, 7) is 10.0. The normalized spacial score (nSPS) is 12.2. The SMILES string of the molecule is CCCCCCCCCCC(CCCCCCCCC[N+](C)(C)CC(=O)Oc1cc(C)ccc1C(C)C)N(C)C.Cl.[Cl-]. The Morgan fingerprint density at radius 1 is 0.810 bits per heavy atom. The second-order valence-corrected chi connectivity index (χ2v) is 13.6. The lowest BCUT2D eigenvalue weighted by molar-refractivity contribution is -0.883. The molecule has 1 unspecified atom stereocenters. The van der Waals surface area contributed by atoms with Gasteiger partial charge in [0.25, 0.3) is 0 Å². The molecule has 0 fully saturated rings. The van der Waals surface area contributed by atoms with E-state index in [1.54, 1.807) is 0 Å². The third-order valence-corrected chi connectivity index (χ3v) is 8.49. The van der Waals surface area contributed by atoms with E-state index in [9.17, 15) is 4.79 Å². The van der Waals surface area contributed by atoms with Crippen molar-refractivity contribution in [3.05, 3.63) is 29.3 Å². The van der Waals surface area contributed by atoms with Crippen molar-refractivity contribution in [1.82, 2.24) is 4.90 Å². The average molecular weight is 632 g/mol. The third kappa shape index (κ3) is 21.0. The quantitative estimate of drug-likeness (QED) is 0.0528. The Hall–Kier alpha value is -0.810. The fraction of sp³-hybridized carbons (Fsp3) is 0.806. The smallest absolute Gasteiger partial charge is 0.367 e. The van der Waals surface area contributed by atoms with Crippen molar-refractivity contribution >= 4 is 18.4 Å². The van der Waals surface area contributed by atoms with Crippen molar-refractivity contribution < 1.29 is 26.4 Å². The number of quaternary nitrogens is 1. The highest BCUT2D eigenvalue weighted by molar-refractivity contribution is 5.85. The molecule has 0 radical (unpaired) electrons. The van der Waals surface area contributed by atoms with Gasteiger partial charge in [-0.1, -0.05) is 116 Å². The van der Waals surface area contributed by atoms with E-state index in [0.717, 1.165) is 29.5 Å². The van der Waals surface area contributed by atoms with Gasteiger partial charge in [-0.15, -0.1) is 12.4 Å². The van der Waals surface area contributed by atoms with Gasteiger partial charge in [0.05, 0.1) is 20.6 Å².